The number of rotatable bonds is 6. The number of hydrogen-bond donors (Lipinski definition) is 2. The summed E-state index contributed by atoms with van der Waals surface area (Å²) in [6.45, 7) is -0.0968. The summed E-state index contributed by atoms with van der Waals surface area (Å²) in [7, 11) is -0.670. The maximum absolute atomic E-state index is 13.1. The minimum Gasteiger partial charge on any atom is -0.376 e. The van der Waals surface area contributed by atoms with Crippen molar-refractivity contribution in [3.63, 3.8) is 0 Å². The van der Waals surface area contributed by atoms with E-state index in [-0.39, 0.29) is 22.4 Å². The Morgan fingerprint density at radius 3 is 2.52 bits per heavy atom. The van der Waals surface area contributed by atoms with Crippen molar-refractivity contribution in [2.24, 2.45) is 0 Å². The largest absolute Gasteiger partial charge is 0.376 e. The van der Waals surface area contributed by atoms with E-state index in [0.717, 1.165) is 10.4 Å². The monoisotopic (exact) mass is 385 g/mol. The van der Waals surface area contributed by atoms with Crippen LogP contribution in [0.5, 0.6) is 0 Å². The third kappa shape index (κ3) is 4.91. The van der Waals surface area contributed by atoms with Crippen LogP contribution in [0.25, 0.3) is 0 Å². The summed E-state index contributed by atoms with van der Waals surface area (Å²) in [5.74, 6) is -0.958. The van der Waals surface area contributed by atoms with Crippen molar-refractivity contribution in [3.05, 3.63) is 53.3 Å². The molecule has 9 heteroatoms. The van der Waals surface area contributed by atoms with Crippen LogP contribution in [0.2, 0.25) is 5.02 Å². The molecule has 0 bridgehead atoms. The molecule has 25 heavy (non-hydrogen) atoms. The zero-order valence-electron chi connectivity index (χ0n) is 13.6. The van der Waals surface area contributed by atoms with Crippen molar-refractivity contribution in [1.82, 2.24) is 4.31 Å². The molecule has 0 heterocycles. The number of carbonyl (C=O) groups excluding carboxylic acids is 1. The highest BCUT2D eigenvalue weighted by atomic mass is 35.5. The third-order valence-corrected chi connectivity index (χ3v) is 5.37. The van der Waals surface area contributed by atoms with Crippen molar-refractivity contribution in [3.8, 4) is 0 Å². The lowest BCUT2D eigenvalue weighted by atomic mass is 10.3. The molecule has 2 aromatic carbocycles. The molecular formula is C16H17ClFN3O3S. The molecule has 0 aromatic heterocycles. The van der Waals surface area contributed by atoms with Gasteiger partial charge in [0.25, 0.3) is 0 Å². The van der Waals surface area contributed by atoms with Gasteiger partial charge in [0.2, 0.25) is 15.9 Å². The second kappa shape index (κ2) is 7.81. The minimum absolute atomic E-state index is 0.0904. The minimum atomic E-state index is -3.55. The molecule has 0 spiro atoms. The second-order valence-corrected chi connectivity index (χ2v) is 7.90. The zero-order valence-corrected chi connectivity index (χ0v) is 15.2. The fourth-order valence-electron chi connectivity index (χ4n) is 1.94. The number of nitrogens with one attached hydrogen (secondary N) is 2. The standard InChI is InChI=1S/C16H17ClFN3O3S/c1-21(2)25(23,24)13-5-3-4-11(8-13)19-10-16(22)20-12-6-7-15(18)14(17)9-12/h3-9,19H,10H2,1-2H3,(H,20,22). The molecule has 0 saturated heterocycles. The van der Waals surface area contributed by atoms with E-state index in [0.29, 0.717) is 11.4 Å². The van der Waals surface area contributed by atoms with Crippen LogP contribution in [-0.4, -0.2) is 39.3 Å². The normalized spacial score (nSPS) is 11.4. The molecular weight excluding hydrogens is 369 g/mol. The van der Waals surface area contributed by atoms with Gasteiger partial charge in [0.1, 0.15) is 5.82 Å². The van der Waals surface area contributed by atoms with E-state index in [4.69, 9.17) is 11.6 Å². The summed E-state index contributed by atoms with van der Waals surface area (Å²) >= 11 is 5.65. The second-order valence-electron chi connectivity index (χ2n) is 5.35. The molecule has 6 nitrogen and oxygen atoms in total. The van der Waals surface area contributed by atoms with E-state index in [9.17, 15) is 17.6 Å². The summed E-state index contributed by atoms with van der Waals surface area (Å²) < 4.78 is 38.4. The van der Waals surface area contributed by atoms with E-state index in [1.807, 2.05) is 0 Å². The number of amides is 1. The Labute approximate surface area is 150 Å². The van der Waals surface area contributed by atoms with Crippen LogP contribution >= 0.6 is 11.6 Å². The topological polar surface area (TPSA) is 78.5 Å². The fraction of sp³-hybridized carbons (Fsp3) is 0.188. The van der Waals surface area contributed by atoms with Crippen LogP contribution < -0.4 is 10.6 Å². The number of benzene rings is 2. The quantitative estimate of drug-likeness (QED) is 0.801. The molecule has 0 unspecified atom stereocenters. The van der Waals surface area contributed by atoms with Gasteiger partial charge in [-0.2, -0.15) is 0 Å². The number of hydrogen-bond acceptors (Lipinski definition) is 4. The smallest absolute Gasteiger partial charge is 0.243 e. The van der Waals surface area contributed by atoms with Gasteiger partial charge in [-0.05, 0) is 36.4 Å². The highest BCUT2D eigenvalue weighted by Crippen LogP contribution is 2.20. The molecule has 1 amide bonds. The van der Waals surface area contributed by atoms with Gasteiger partial charge < -0.3 is 10.6 Å². The Hall–Kier alpha value is -2.16. The Morgan fingerprint density at radius 2 is 1.88 bits per heavy atom. The zero-order chi connectivity index (χ0) is 18.6. The van der Waals surface area contributed by atoms with Gasteiger partial charge in [0, 0.05) is 25.5 Å². The molecule has 2 N–H and O–H groups in total. The first-order chi connectivity index (χ1) is 11.7. The Morgan fingerprint density at radius 1 is 1.16 bits per heavy atom. The van der Waals surface area contributed by atoms with Crippen molar-refractivity contribution >= 4 is 38.9 Å². The van der Waals surface area contributed by atoms with Crippen LogP contribution in [0.1, 0.15) is 0 Å². The number of carbonyl (C=O) groups is 1. The summed E-state index contributed by atoms with van der Waals surface area (Å²) in [6.07, 6.45) is 0. The number of sulfonamides is 1. The highest BCUT2D eigenvalue weighted by molar-refractivity contribution is 7.89. The predicted molar refractivity (Wildman–Crippen MR) is 95.8 cm³/mol. The van der Waals surface area contributed by atoms with Gasteiger partial charge in [0.15, 0.2) is 0 Å². The summed E-state index contributed by atoms with van der Waals surface area (Å²) in [6, 6.07) is 10.00. The van der Waals surface area contributed by atoms with E-state index in [1.165, 1.54) is 38.4 Å². The van der Waals surface area contributed by atoms with Gasteiger partial charge in [-0.25, -0.2) is 17.1 Å². The average Bonchev–Trinajstić information content (AvgIpc) is 2.56. The molecule has 0 saturated carbocycles. The van der Waals surface area contributed by atoms with Crippen LogP contribution in [0.3, 0.4) is 0 Å². The van der Waals surface area contributed by atoms with E-state index in [2.05, 4.69) is 10.6 Å². The van der Waals surface area contributed by atoms with E-state index < -0.39 is 15.8 Å². The molecule has 2 rings (SSSR count). The molecule has 2 aromatic rings. The Kier molecular flexibility index (Phi) is 5.99. The third-order valence-electron chi connectivity index (χ3n) is 3.27. The lowest BCUT2D eigenvalue weighted by molar-refractivity contribution is -0.114. The molecule has 0 radical (unpaired) electrons. The molecule has 0 aliphatic heterocycles. The van der Waals surface area contributed by atoms with Gasteiger partial charge in [-0.1, -0.05) is 17.7 Å². The number of nitrogens with zero attached hydrogens (tertiary/aromatic N) is 1. The lowest BCUT2D eigenvalue weighted by Crippen LogP contribution is -2.23. The van der Waals surface area contributed by atoms with Gasteiger partial charge in [-0.3, -0.25) is 4.79 Å². The Balaban J connectivity index is 2.01. The lowest BCUT2D eigenvalue weighted by Gasteiger charge is -2.13. The van der Waals surface area contributed by atoms with Crippen LogP contribution in [0.15, 0.2) is 47.4 Å². The molecule has 0 aliphatic carbocycles. The predicted octanol–water partition coefficient (Wildman–Crippen LogP) is 2.78. The fourth-order valence-corrected chi connectivity index (χ4v) is 3.07. The van der Waals surface area contributed by atoms with Crippen molar-refractivity contribution in [2.75, 3.05) is 31.3 Å². The number of halogens is 2. The first kappa shape index (κ1) is 19.2. The van der Waals surface area contributed by atoms with Crippen molar-refractivity contribution in [1.29, 1.82) is 0 Å². The van der Waals surface area contributed by atoms with Gasteiger partial charge in [0.05, 0.1) is 16.5 Å². The van der Waals surface area contributed by atoms with E-state index in [1.54, 1.807) is 12.1 Å². The maximum Gasteiger partial charge on any atom is 0.243 e. The number of anilines is 2. The maximum atomic E-state index is 13.1. The average molecular weight is 386 g/mol. The first-order valence-electron chi connectivity index (χ1n) is 7.21. The molecule has 0 fully saturated rings. The Bertz CT molecular complexity index is 888. The highest BCUT2D eigenvalue weighted by Gasteiger charge is 2.17. The van der Waals surface area contributed by atoms with Crippen LogP contribution in [-0.2, 0) is 14.8 Å². The molecule has 0 aliphatic rings. The summed E-state index contributed by atoms with van der Waals surface area (Å²) in [5, 5.41) is 5.31. The summed E-state index contributed by atoms with van der Waals surface area (Å²) in [5.41, 5.74) is 0.845. The van der Waals surface area contributed by atoms with Crippen LogP contribution in [0.4, 0.5) is 15.8 Å². The van der Waals surface area contributed by atoms with Crippen molar-refractivity contribution < 1.29 is 17.6 Å². The molecule has 0 atom stereocenters. The van der Waals surface area contributed by atoms with Gasteiger partial charge in [-0.15, -0.1) is 0 Å². The first-order valence-corrected chi connectivity index (χ1v) is 9.03. The van der Waals surface area contributed by atoms with Crippen molar-refractivity contribution in [2.45, 2.75) is 4.90 Å². The van der Waals surface area contributed by atoms with Gasteiger partial charge >= 0.3 is 0 Å². The SMILES string of the molecule is CN(C)S(=O)(=O)c1cccc(NCC(=O)Nc2ccc(F)c(Cl)c2)c1. The summed E-state index contributed by atoms with van der Waals surface area (Å²) in [4.78, 5) is 12.1. The van der Waals surface area contributed by atoms with Crippen LogP contribution in [0, 0.1) is 5.82 Å². The van der Waals surface area contributed by atoms with E-state index >= 15 is 0 Å². The molecule has 134 valence electrons.